The first kappa shape index (κ1) is 15.6. The normalized spacial score (nSPS) is 20.6. The second kappa shape index (κ2) is 6.14. The van der Waals surface area contributed by atoms with Gasteiger partial charge < -0.3 is 5.32 Å². The Balaban J connectivity index is 2.43. The van der Waals surface area contributed by atoms with Crippen LogP contribution in [0, 0.1) is 0 Å². The zero-order chi connectivity index (χ0) is 14.6. The van der Waals surface area contributed by atoms with Gasteiger partial charge >= 0.3 is 0 Å². The minimum atomic E-state index is -0.446. The fourth-order valence-electron chi connectivity index (χ4n) is 1.83. The molecule has 1 aliphatic rings. The maximum absolute atomic E-state index is 11.8. The Kier molecular flexibility index (Phi) is 5.05. The van der Waals surface area contributed by atoms with E-state index < -0.39 is 6.04 Å². The molecule has 1 fully saturated rings. The van der Waals surface area contributed by atoms with Gasteiger partial charge in [0.1, 0.15) is 0 Å². The van der Waals surface area contributed by atoms with E-state index in [1.165, 1.54) is 7.05 Å². The molecule has 1 heterocycles. The first-order chi connectivity index (χ1) is 8.76. The predicted octanol–water partition coefficient (Wildman–Crippen LogP) is 0.0282. The van der Waals surface area contributed by atoms with Crippen LogP contribution in [0.25, 0.3) is 0 Å². The average molecular weight is 269 g/mol. The molecule has 0 aromatic rings. The number of hydrogen-bond donors (Lipinski definition) is 2. The second-order valence-corrected chi connectivity index (χ2v) is 5.55. The molecule has 3 amide bonds. The molecule has 6 nitrogen and oxygen atoms in total. The topological polar surface area (TPSA) is 78.5 Å². The number of imide groups is 1. The summed E-state index contributed by atoms with van der Waals surface area (Å²) in [4.78, 5) is 36.0. The van der Waals surface area contributed by atoms with E-state index in [4.69, 9.17) is 0 Å². The van der Waals surface area contributed by atoms with Gasteiger partial charge in [-0.3, -0.25) is 24.6 Å². The van der Waals surface area contributed by atoms with Crippen molar-refractivity contribution in [3.8, 4) is 0 Å². The van der Waals surface area contributed by atoms with Gasteiger partial charge in [-0.05, 0) is 26.7 Å². The molecule has 19 heavy (non-hydrogen) atoms. The highest BCUT2D eigenvalue weighted by Crippen LogP contribution is 2.11. The summed E-state index contributed by atoms with van der Waals surface area (Å²) in [6.45, 7) is 5.98. The van der Waals surface area contributed by atoms with Gasteiger partial charge in [-0.1, -0.05) is 6.92 Å². The van der Waals surface area contributed by atoms with Crippen LogP contribution < -0.4 is 10.6 Å². The van der Waals surface area contributed by atoms with Crippen molar-refractivity contribution in [1.29, 1.82) is 0 Å². The third-order valence-electron chi connectivity index (χ3n) is 3.52. The maximum Gasteiger partial charge on any atom is 0.246 e. The van der Waals surface area contributed by atoms with Crippen molar-refractivity contribution < 1.29 is 14.4 Å². The van der Waals surface area contributed by atoms with Crippen LogP contribution >= 0.6 is 0 Å². The maximum atomic E-state index is 11.8. The Labute approximate surface area is 113 Å². The molecule has 0 radical (unpaired) electrons. The summed E-state index contributed by atoms with van der Waals surface area (Å²) in [5.41, 5.74) is -0.248. The van der Waals surface area contributed by atoms with E-state index in [-0.39, 0.29) is 29.8 Å². The molecule has 1 saturated heterocycles. The van der Waals surface area contributed by atoms with Crippen molar-refractivity contribution >= 4 is 17.7 Å². The van der Waals surface area contributed by atoms with Gasteiger partial charge in [0.15, 0.2) is 0 Å². The molecule has 1 unspecified atom stereocenters. The fraction of sp³-hybridized carbons (Fsp3) is 0.769. The Morgan fingerprint density at radius 1 is 1.42 bits per heavy atom. The number of likely N-dealkylation sites (tertiary alicyclic amines) is 1. The molecule has 1 atom stereocenters. The number of amides is 3. The van der Waals surface area contributed by atoms with E-state index in [1.807, 2.05) is 20.8 Å². The molecule has 0 saturated carbocycles. The lowest BCUT2D eigenvalue weighted by Crippen LogP contribution is -2.54. The van der Waals surface area contributed by atoms with Crippen LogP contribution in [0.15, 0.2) is 0 Å². The quantitative estimate of drug-likeness (QED) is 0.690. The van der Waals surface area contributed by atoms with E-state index >= 15 is 0 Å². The van der Waals surface area contributed by atoms with Gasteiger partial charge in [-0.15, -0.1) is 0 Å². The molecule has 0 aromatic heterocycles. The third kappa shape index (κ3) is 4.31. The van der Waals surface area contributed by atoms with Crippen molar-refractivity contribution in [2.75, 3.05) is 13.6 Å². The third-order valence-corrected chi connectivity index (χ3v) is 3.52. The van der Waals surface area contributed by atoms with Crippen LogP contribution in [0.1, 0.15) is 40.0 Å². The van der Waals surface area contributed by atoms with E-state index in [9.17, 15) is 14.4 Å². The lowest BCUT2D eigenvalue weighted by molar-refractivity contribution is -0.148. The van der Waals surface area contributed by atoms with Gasteiger partial charge in [0.2, 0.25) is 17.7 Å². The Morgan fingerprint density at radius 2 is 2.05 bits per heavy atom. The number of likely N-dealkylation sites (N-methyl/N-ethyl adjacent to an activating group) is 1. The zero-order valence-electron chi connectivity index (χ0n) is 12.1. The van der Waals surface area contributed by atoms with Crippen molar-refractivity contribution in [3.05, 3.63) is 0 Å². The molecule has 6 heteroatoms. The van der Waals surface area contributed by atoms with Crippen LogP contribution in [0.2, 0.25) is 0 Å². The molecular formula is C13H23N3O3. The van der Waals surface area contributed by atoms with Crippen LogP contribution in [0.5, 0.6) is 0 Å². The minimum absolute atomic E-state index is 0.0852. The van der Waals surface area contributed by atoms with Gasteiger partial charge in [-0.25, -0.2) is 0 Å². The van der Waals surface area contributed by atoms with Crippen LogP contribution in [-0.2, 0) is 14.4 Å². The van der Waals surface area contributed by atoms with E-state index in [2.05, 4.69) is 10.6 Å². The van der Waals surface area contributed by atoms with Crippen molar-refractivity contribution in [2.24, 2.45) is 0 Å². The number of hydrogen-bond acceptors (Lipinski definition) is 4. The Bertz CT molecular complexity index is 379. The summed E-state index contributed by atoms with van der Waals surface area (Å²) in [5.74, 6) is -0.572. The van der Waals surface area contributed by atoms with E-state index in [0.29, 0.717) is 12.8 Å². The van der Waals surface area contributed by atoms with Crippen LogP contribution in [-0.4, -0.2) is 47.8 Å². The van der Waals surface area contributed by atoms with Gasteiger partial charge in [0.05, 0.1) is 12.6 Å². The number of carbonyl (C=O) groups is 3. The summed E-state index contributed by atoms with van der Waals surface area (Å²) in [7, 11) is 1.47. The highest BCUT2D eigenvalue weighted by atomic mass is 16.2. The summed E-state index contributed by atoms with van der Waals surface area (Å²) in [6, 6.07) is -0.446. The van der Waals surface area contributed by atoms with Gasteiger partial charge in [0, 0.05) is 19.0 Å². The Morgan fingerprint density at radius 3 is 2.63 bits per heavy atom. The van der Waals surface area contributed by atoms with Crippen molar-refractivity contribution in [1.82, 2.24) is 15.5 Å². The number of carbonyl (C=O) groups excluding carboxylic acids is 3. The first-order valence-electron chi connectivity index (χ1n) is 6.61. The molecule has 2 N–H and O–H groups in total. The predicted molar refractivity (Wildman–Crippen MR) is 71.3 cm³/mol. The fourth-order valence-corrected chi connectivity index (χ4v) is 1.83. The molecule has 0 aromatic carbocycles. The largest absolute Gasteiger partial charge is 0.350 e. The zero-order valence-corrected chi connectivity index (χ0v) is 12.1. The molecule has 0 aliphatic carbocycles. The second-order valence-electron chi connectivity index (χ2n) is 5.55. The highest BCUT2D eigenvalue weighted by molar-refractivity contribution is 6.00. The molecule has 0 bridgehead atoms. The minimum Gasteiger partial charge on any atom is -0.350 e. The summed E-state index contributed by atoms with van der Waals surface area (Å²) < 4.78 is 0. The van der Waals surface area contributed by atoms with E-state index in [1.54, 1.807) is 0 Å². The lowest BCUT2D eigenvalue weighted by atomic mass is 10.0. The van der Waals surface area contributed by atoms with Crippen LogP contribution in [0.3, 0.4) is 0 Å². The number of rotatable bonds is 5. The SMILES string of the molecule is CCC(C)(C)NC(=O)CNC1CCC(=O)N(C)C1=O. The van der Waals surface area contributed by atoms with E-state index in [0.717, 1.165) is 11.3 Å². The van der Waals surface area contributed by atoms with Crippen LogP contribution in [0.4, 0.5) is 0 Å². The van der Waals surface area contributed by atoms with Crippen molar-refractivity contribution in [3.63, 3.8) is 0 Å². The highest BCUT2D eigenvalue weighted by Gasteiger charge is 2.31. The number of piperidine rings is 1. The summed E-state index contributed by atoms with van der Waals surface area (Å²) in [5, 5.41) is 5.80. The molecule has 1 rings (SSSR count). The first-order valence-corrected chi connectivity index (χ1v) is 6.61. The lowest BCUT2D eigenvalue weighted by Gasteiger charge is -2.29. The molecule has 0 spiro atoms. The van der Waals surface area contributed by atoms with Gasteiger partial charge in [-0.2, -0.15) is 0 Å². The standard InChI is InChI=1S/C13H23N3O3/c1-5-13(2,3)15-10(17)8-14-9-6-7-11(18)16(4)12(9)19/h9,14H,5-8H2,1-4H3,(H,15,17). The Hall–Kier alpha value is -1.43. The monoisotopic (exact) mass is 269 g/mol. The van der Waals surface area contributed by atoms with Gasteiger partial charge in [0.25, 0.3) is 0 Å². The summed E-state index contributed by atoms with van der Waals surface area (Å²) in [6.07, 6.45) is 1.62. The summed E-state index contributed by atoms with van der Waals surface area (Å²) >= 11 is 0. The molecule has 1 aliphatic heterocycles. The number of nitrogens with one attached hydrogen (secondary N) is 2. The van der Waals surface area contributed by atoms with Crippen molar-refractivity contribution in [2.45, 2.75) is 51.6 Å². The average Bonchev–Trinajstić information content (AvgIpc) is 2.34. The smallest absolute Gasteiger partial charge is 0.246 e. The number of nitrogens with zero attached hydrogens (tertiary/aromatic N) is 1. The molecule has 108 valence electrons. The molecular weight excluding hydrogens is 246 g/mol.